The Kier molecular flexibility index (Phi) is 6.20. The molecule has 2 fully saturated rings. The van der Waals surface area contributed by atoms with Crippen LogP contribution in [-0.4, -0.2) is 57.7 Å². The highest BCUT2D eigenvalue weighted by atomic mass is 16.2. The molecule has 3 amide bonds. The summed E-state index contributed by atoms with van der Waals surface area (Å²) in [5.41, 5.74) is 3.73. The van der Waals surface area contributed by atoms with Crippen LogP contribution in [0.25, 0.3) is 0 Å². The molecule has 0 aliphatic carbocycles. The molecule has 3 aliphatic rings. The van der Waals surface area contributed by atoms with Crippen molar-refractivity contribution >= 4 is 17.7 Å². The minimum atomic E-state index is -0.582. The molecule has 0 radical (unpaired) electrons. The molecule has 0 bridgehead atoms. The number of piperidine rings is 2. The molecule has 1 aromatic heterocycles. The highest BCUT2D eigenvalue weighted by Gasteiger charge is 2.39. The fourth-order valence-electron chi connectivity index (χ4n) is 5.12. The van der Waals surface area contributed by atoms with Crippen LogP contribution < -0.4 is 10.6 Å². The van der Waals surface area contributed by atoms with E-state index in [1.54, 1.807) is 4.90 Å². The van der Waals surface area contributed by atoms with Crippen LogP contribution in [0.1, 0.15) is 52.9 Å². The van der Waals surface area contributed by atoms with Gasteiger partial charge in [0, 0.05) is 43.9 Å². The van der Waals surface area contributed by atoms with Gasteiger partial charge in [-0.25, -0.2) is 0 Å². The Labute approximate surface area is 193 Å². The van der Waals surface area contributed by atoms with Gasteiger partial charge < -0.3 is 10.2 Å². The summed E-state index contributed by atoms with van der Waals surface area (Å²) >= 11 is 0. The largest absolute Gasteiger partial charge is 0.322 e. The fourth-order valence-corrected chi connectivity index (χ4v) is 5.12. The molecule has 1 unspecified atom stereocenters. The number of benzene rings is 1. The van der Waals surface area contributed by atoms with Crippen LogP contribution in [0.3, 0.4) is 0 Å². The Bertz CT molecular complexity index is 1050. The maximum absolute atomic E-state index is 13.2. The molecule has 3 aliphatic heterocycles. The maximum atomic E-state index is 13.2. The fraction of sp³-hybridized carbons (Fsp3) is 0.440. The molecule has 0 saturated carbocycles. The Morgan fingerprint density at radius 3 is 2.64 bits per heavy atom. The van der Waals surface area contributed by atoms with E-state index in [2.05, 4.69) is 32.7 Å². The molecule has 2 saturated heterocycles. The van der Waals surface area contributed by atoms with E-state index in [1.165, 1.54) is 0 Å². The summed E-state index contributed by atoms with van der Waals surface area (Å²) in [4.78, 5) is 45.6. The van der Waals surface area contributed by atoms with Crippen molar-refractivity contribution in [2.24, 2.45) is 0 Å². The highest BCUT2D eigenvalue weighted by molar-refractivity contribution is 6.05. The van der Waals surface area contributed by atoms with Crippen molar-refractivity contribution in [2.45, 2.75) is 57.4 Å². The average Bonchev–Trinajstić information content (AvgIpc) is 3.15. The predicted molar refractivity (Wildman–Crippen MR) is 122 cm³/mol. The third-order valence-electron chi connectivity index (χ3n) is 6.89. The summed E-state index contributed by atoms with van der Waals surface area (Å²) in [7, 11) is 0. The molecule has 8 nitrogen and oxygen atoms in total. The second kappa shape index (κ2) is 9.41. The summed E-state index contributed by atoms with van der Waals surface area (Å²) in [6.45, 7) is 3.92. The van der Waals surface area contributed by atoms with Gasteiger partial charge in [0.25, 0.3) is 5.91 Å². The second-order valence-corrected chi connectivity index (χ2v) is 9.10. The van der Waals surface area contributed by atoms with Crippen molar-refractivity contribution in [2.75, 3.05) is 13.1 Å². The van der Waals surface area contributed by atoms with Gasteiger partial charge in [0.1, 0.15) is 6.04 Å². The Balaban J connectivity index is 1.34. The molecule has 5 rings (SSSR count). The van der Waals surface area contributed by atoms with E-state index in [-0.39, 0.29) is 24.1 Å². The van der Waals surface area contributed by atoms with Crippen molar-refractivity contribution in [3.8, 4) is 0 Å². The third kappa shape index (κ3) is 4.67. The van der Waals surface area contributed by atoms with Crippen molar-refractivity contribution in [1.82, 2.24) is 25.4 Å². The third-order valence-corrected chi connectivity index (χ3v) is 6.89. The van der Waals surface area contributed by atoms with E-state index in [1.807, 2.05) is 30.5 Å². The quantitative estimate of drug-likeness (QED) is 0.654. The molecule has 0 spiro atoms. The first-order valence-electron chi connectivity index (χ1n) is 11.7. The number of fused-ring (bicyclic) bond motifs is 1. The lowest BCUT2D eigenvalue weighted by molar-refractivity contribution is -0.136. The van der Waals surface area contributed by atoms with Crippen LogP contribution in [0.5, 0.6) is 0 Å². The first-order valence-corrected chi connectivity index (χ1v) is 11.7. The van der Waals surface area contributed by atoms with E-state index in [0.717, 1.165) is 55.8 Å². The standard InChI is InChI=1S/C25H29N5O3/c31-23-7-6-22(24(32)28-23)30-15-18-5-4-17(13-21(18)25(30)33)14-29(20-8-11-26-12-9-20)16-19-3-1-2-10-27-19/h1-5,10,13,20,22,26H,6-9,11-12,14-16H2,(H,28,31,32). The van der Waals surface area contributed by atoms with Crippen molar-refractivity contribution in [3.63, 3.8) is 0 Å². The minimum absolute atomic E-state index is 0.125. The molecule has 4 heterocycles. The second-order valence-electron chi connectivity index (χ2n) is 9.10. The Morgan fingerprint density at radius 2 is 1.88 bits per heavy atom. The Hall–Kier alpha value is -3.10. The van der Waals surface area contributed by atoms with E-state index < -0.39 is 6.04 Å². The minimum Gasteiger partial charge on any atom is -0.322 e. The van der Waals surface area contributed by atoms with Crippen LogP contribution in [0.15, 0.2) is 42.6 Å². The molecule has 33 heavy (non-hydrogen) atoms. The molecular formula is C25H29N5O3. The van der Waals surface area contributed by atoms with Crippen LogP contribution in [-0.2, 0) is 29.2 Å². The lowest BCUT2D eigenvalue weighted by Gasteiger charge is -2.34. The number of carbonyl (C=O) groups is 3. The monoisotopic (exact) mass is 447 g/mol. The zero-order valence-corrected chi connectivity index (χ0v) is 18.6. The number of aromatic nitrogens is 1. The van der Waals surface area contributed by atoms with Crippen molar-refractivity contribution < 1.29 is 14.4 Å². The van der Waals surface area contributed by atoms with Crippen molar-refractivity contribution in [3.05, 3.63) is 65.0 Å². The SMILES string of the molecule is O=C1CCC(N2Cc3ccc(CN(Cc4ccccn4)C4CCNCC4)cc3C2=O)C(=O)N1. The summed E-state index contributed by atoms with van der Waals surface area (Å²) in [5.74, 6) is -0.770. The van der Waals surface area contributed by atoms with E-state index in [4.69, 9.17) is 0 Å². The smallest absolute Gasteiger partial charge is 0.255 e. The number of imide groups is 1. The molecule has 1 atom stereocenters. The summed E-state index contributed by atoms with van der Waals surface area (Å²) in [6, 6.07) is 12.0. The van der Waals surface area contributed by atoms with Gasteiger partial charge in [-0.05, 0) is 61.7 Å². The topological polar surface area (TPSA) is 94.6 Å². The number of rotatable bonds is 6. The van der Waals surface area contributed by atoms with E-state index in [9.17, 15) is 14.4 Å². The van der Waals surface area contributed by atoms with Gasteiger partial charge in [0.05, 0.1) is 5.69 Å². The van der Waals surface area contributed by atoms with Crippen LogP contribution >= 0.6 is 0 Å². The van der Waals surface area contributed by atoms with Gasteiger partial charge in [-0.2, -0.15) is 0 Å². The Morgan fingerprint density at radius 1 is 1.03 bits per heavy atom. The van der Waals surface area contributed by atoms with Crippen LogP contribution in [0.2, 0.25) is 0 Å². The van der Waals surface area contributed by atoms with E-state index >= 15 is 0 Å². The highest BCUT2D eigenvalue weighted by Crippen LogP contribution is 2.29. The van der Waals surface area contributed by atoms with Gasteiger partial charge in [0.15, 0.2) is 0 Å². The first-order chi connectivity index (χ1) is 16.1. The lowest BCUT2D eigenvalue weighted by atomic mass is 10.0. The number of hydrogen-bond donors (Lipinski definition) is 2. The number of amides is 3. The van der Waals surface area contributed by atoms with Gasteiger partial charge in [-0.15, -0.1) is 0 Å². The van der Waals surface area contributed by atoms with Gasteiger partial charge in [-0.3, -0.25) is 29.6 Å². The van der Waals surface area contributed by atoms with Crippen LogP contribution in [0, 0.1) is 0 Å². The molecule has 8 heteroatoms. The lowest BCUT2D eigenvalue weighted by Crippen LogP contribution is -2.52. The summed E-state index contributed by atoms with van der Waals surface area (Å²) < 4.78 is 0. The van der Waals surface area contributed by atoms with Crippen LogP contribution in [0.4, 0.5) is 0 Å². The molecule has 1 aromatic carbocycles. The molecular weight excluding hydrogens is 418 g/mol. The maximum Gasteiger partial charge on any atom is 0.255 e. The zero-order valence-electron chi connectivity index (χ0n) is 18.6. The average molecular weight is 448 g/mol. The molecule has 172 valence electrons. The number of carbonyl (C=O) groups excluding carboxylic acids is 3. The summed E-state index contributed by atoms with van der Waals surface area (Å²) in [6.07, 6.45) is 4.64. The zero-order chi connectivity index (χ0) is 22.8. The van der Waals surface area contributed by atoms with Gasteiger partial charge in [-0.1, -0.05) is 18.2 Å². The number of hydrogen-bond acceptors (Lipinski definition) is 6. The number of nitrogens with zero attached hydrogens (tertiary/aromatic N) is 3. The normalized spacial score (nSPS) is 21.4. The van der Waals surface area contributed by atoms with Crippen molar-refractivity contribution in [1.29, 1.82) is 0 Å². The number of nitrogens with one attached hydrogen (secondary N) is 2. The molecule has 2 N–H and O–H groups in total. The number of pyridine rings is 1. The van der Waals surface area contributed by atoms with E-state index in [0.29, 0.717) is 24.6 Å². The predicted octanol–water partition coefficient (Wildman–Crippen LogP) is 1.60. The molecule has 2 aromatic rings. The van der Waals surface area contributed by atoms with Gasteiger partial charge >= 0.3 is 0 Å². The first kappa shape index (κ1) is 21.7. The van der Waals surface area contributed by atoms with Gasteiger partial charge in [0.2, 0.25) is 11.8 Å². The summed E-state index contributed by atoms with van der Waals surface area (Å²) in [5, 5.41) is 5.79.